The Bertz CT molecular complexity index is 794. The third-order valence-corrected chi connectivity index (χ3v) is 3.65. The van der Waals surface area contributed by atoms with E-state index >= 15 is 0 Å². The zero-order chi connectivity index (χ0) is 15.0. The average molecular weight is 303 g/mol. The van der Waals surface area contributed by atoms with Gasteiger partial charge in [0.05, 0.1) is 16.1 Å². The standard InChI is InChI=1S/C16H12ClFN2O/c1-9-5-2-3-6-10(9)13-15(20-21-16(13)19)14-11(17)7-4-8-12(14)18/h2-8H,19H2,1H3. The molecule has 3 rings (SSSR count). The van der Waals surface area contributed by atoms with Gasteiger partial charge in [0.15, 0.2) is 0 Å². The topological polar surface area (TPSA) is 52.0 Å². The molecule has 0 atom stereocenters. The molecule has 5 heteroatoms. The number of nitrogen functional groups attached to an aromatic ring is 1. The maximum atomic E-state index is 14.1. The fourth-order valence-corrected chi connectivity index (χ4v) is 2.56. The zero-order valence-electron chi connectivity index (χ0n) is 11.2. The first-order chi connectivity index (χ1) is 10.1. The van der Waals surface area contributed by atoms with Gasteiger partial charge < -0.3 is 10.3 Å². The predicted octanol–water partition coefficient (Wildman–Crippen LogP) is 4.69. The first-order valence-corrected chi connectivity index (χ1v) is 6.73. The van der Waals surface area contributed by atoms with Crippen LogP contribution in [-0.2, 0) is 0 Å². The van der Waals surface area contributed by atoms with Gasteiger partial charge in [0, 0.05) is 0 Å². The molecule has 0 amide bonds. The number of nitrogens with two attached hydrogens (primary N) is 1. The molecule has 0 aliphatic heterocycles. The summed E-state index contributed by atoms with van der Waals surface area (Å²) < 4.78 is 19.2. The molecule has 2 N–H and O–H groups in total. The summed E-state index contributed by atoms with van der Waals surface area (Å²) in [6.07, 6.45) is 0. The van der Waals surface area contributed by atoms with E-state index in [2.05, 4.69) is 5.16 Å². The molecule has 0 spiro atoms. The van der Waals surface area contributed by atoms with E-state index in [1.165, 1.54) is 12.1 Å². The molecule has 3 aromatic rings. The lowest BCUT2D eigenvalue weighted by Crippen LogP contribution is -1.92. The molecule has 1 aromatic heterocycles. The lowest BCUT2D eigenvalue weighted by molar-refractivity contribution is 0.439. The minimum Gasteiger partial charge on any atom is -0.367 e. The van der Waals surface area contributed by atoms with Crippen LogP contribution >= 0.6 is 11.6 Å². The molecule has 0 radical (unpaired) electrons. The van der Waals surface area contributed by atoms with Crippen molar-refractivity contribution in [1.82, 2.24) is 5.16 Å². The van der Waals surface area contributed by atoms with Crippen LogP contribution in [0.15, 0.2) is 47.0 Å². The van der Waals surface area contributed by atoms with Gasteiger partial charge >= 0.3 is 0 Å². The molecule has 0 bridgehead atoms. The number of hydrogen-bond donors (Lipinski definition) is 1. The molecule has 0 aliphatic carbocycles. The normalized spacial score (nSPS) is 10.8. The Morgan fingerprint density at radius 3 is 2.57 bits per heavy atom. The summed E-state index contributed by atoms with van der Waals surface area (Å²) in [6.45, 7) is 1.94. The summed E-state index contributed by atoms with van der Waals surface area (Å²) in [6, 6.07) is 12.1. The number of hydrogen-bond acceptors (Lipinski definition) is 3. The minimum atomic E-state index is -0.467. The average Bonchev–Trinajstić information content (AvgIpc) is 2.81. The van der Waals surface area contributed by atoms with E-state index in [0.29, 0.717) is 11.3 Å². The minimum absolute atomic E-state index is 0.138. The number of aromatic nitrogens is 1. The summed E-state index contributed by atoms with van der Waals surface area (Å²) in [7, 11) is 0. The molecule has 0 saturated carbocycles. The smallest absolute Gasteiger partial charge is 0.230 e. The number of aryl methyl sites for hydroxylation is 1. The molecular weight excluding hydrogens is 291 g/mol. The SMILES string of the molecule is Cc1ccccc1-c1c(-c2c(F)cccc2Cl)noc1N. The zero-order valence-corrected chi connectivity index (χ0v) is 12.0. The van der Waals surface area contributed by atoms with Crippen LogP contribution in [0.2, 0.25) is 5.02 Å². The van der Waals surface area contributed by atoms with Gasteiger partial charge in [0.2, 0.25) is 5.88 Å². The highest BCUT2D eigenvalue weighted by atomic mass is 35.5. The maximum absolute atomic E-state index is 14.1. The maximum Gasteiger partial charge on any atom is 0.230 e. The Morgan fingerprint density at radius 2 is 1.86 bits per heavy atom. The van der Waals surface area contributed by atoms with Gasteiger partial charge in [-0.05, 0) is 30.2 Å². The Kier molecular flexibility index (Phi) is 3.39. The van der Waals surface area contributed by atoms with Crippen molar-refractivity contribution in [2.24, 2.45) is 0 Å². The van der Waals surface area contributed by atoms with Crippen LogP contribution in [0.5, 0.6) is 0 Å². The van der Waals surface area contributed by atoms with E-state index in [-0.39, 0.29) is 16.5 Å². The van der Waals surface area contributed by atoms with E-state index in [4.69, 9.17) is 21.9 Å². The van der Waals surface area contributed by atoms with Crippen LogP contribution in [0.4, 0.5) is 10.3 Å². The largest absolute Gasteiger partial charge is 0.367 e. The van der Waals surface area contributed by atoms with Crippen molar-refractivity contribution in [2.75, 3.05) is 5.73 Å². The van der Waals surface area contributed by atoms with Gasteiger partial charge in [-0.15, -0.1) is 0 Å². The highest BCUT2D eigenvalue weighted by Crippen LogP contribution is 2.41. The van der Waals surface area contributed by atoms with Gasteiger partial charge in [-0.2, -0.15) is 0 Å². The summed E-state index contributed by atoms with van der Waals surface area (Å²) in [5, 5.41) is 4.16. The highest BCUT2D eigenvalue weighted by molar-refractivity contribution is 6.33. The Hall–Kier alpha value is -2.33. The Balaban J connectivity index is 2.31. The van der Waals surface area contributed by atoms with E-state index < -0.39 is 5.82 Å². The molecule has 0 saturated heterocycles. The number of halogens is 2. The summed E-state index contributed by atoms with van der Waals surface area (Å²) in [5.74, 6) is -0.329. The van der Waals surface area contributed by atoms with Crippen molar-refractivity contribution in [1.29, 1.82) is 0 Å². The third-order valence-electron chi connectivity index (χ3n) is 3.33. The summed E-state index contributed by atoms with van der Waals surface area (Å²) >= 11 is 6.11. The number of rotatable bonds is 2. The van der Waals surface area contributed by atoms with E-state index in [1.807, 2.05) is 31.2 Å². The van der Waals surface area contributed by atoms with Crippen molar-refractivity contribution in [3.63, 3.8) is 0 Å². The molecule has 0 unspecified atom stereocenters. The second-order valence-electron chi connectivity index (χ2n) is 4.68. The predicted molar refractivity (Wildman–Crippen MR) is 81.5 cm³/mol. The highest BCUT2D eigenvalue weighted by Gasteiger charge is 2.22. The quantitative estimate of drug-likeness (QED) is 0.747. The lowest BCUT2D eigenvalue weighted by Gasteiger charge is -2.08. The first kappa shape index (κ1) is 13.6. The molecule has 3 nitrogen and oxygen atoms in total. The van der Waals surface area contributed by atoms with Crippen LogP contribution in [0.25, 0.3) is 22.4 Å². The number of benzene rings is 2. The van der Waals surface area contributed by atoms with E-state index in [9.17, 15) is 4.39 Å². The fraction of sp³-hybridized carbons (Fsp3) is 0.0625. The summed E-state index contributed by atoms with van der Waals surface area (Å²) in [4.78, 5) is 0. The van der Waals surface area contributed by atoms with Crippen molar-refractivity contribution in [2.45, 2.75) is 6.92 Å². The monoisotopic (exact) mass is 302 g/mol. The molecule has 0 fully saturated rings. The van der Waals surface area contributed by atoms with Gasteiger partial charge in [-0.1, -0.05) is 47.1 Å². The van der Waals surface area contributed by atoms with Crippen molar-refractivity contribution in [3.8, 4) is 22.4 Å². The molecule has 21 heavy (non-hydrogen) atoms. The van der Waals surface area contributed by atoms with Crippen LogP contribution in [0.3, 0.4) is 0 Å². The van der Waals surface area contributed by atoms with Gasteiger partial charge in [-0.25, -0.2) is 4.39 Å². The Labute approximate surface area is 126 Å². The molecule has 0 aliphatic rings. The number of anilines is 1. The van der Waals surface area contributed by atoms with E-state index in [1.54, 1.807) is 6.07 Å². The van der Waals surface area contributed by atoms with Crippen LogP contribution < -0.4 is 5.73 Å². The van der Waals surface area contributed by atoms with Crippen LogP contribution in [0, 0.1) is 12.7 Å². The van der Waals surface area contributed by atoms with Gasteiger partial charge in [-0.3, -0.25) is 0 Å². The van der Waals surface area contributed by atoms with Gasteiger partial charge in [0.25, 0.3) is 0 Å². The second kappa shape index (κ2) is 5.22. The molecular formula is C16H12ClFN2O. The Morgan fingerprint density at radius 1 is 1.10 bits per heavy atom. The third kappa shape index (κ3) is 2.28. The molecule has 1 heterocycles. The van der Waals surface area contributed by atoms with Crippen molar-refractivity contribution in [3.05, 3.63) is 58.9 Å². The molecule has 2 aromatic carbocycles. The van der Waals surface area contributed by atoms with Crippen LogP contribution in [0.1, 0.15) is 5.56 Å². The lowest BCUT2D eigenvalue weighted by atomic mass is 9.97. The van der Waals surface area contributed by atoms with Crippen LogP contribution in [-0.4, -0.2) is 5.16 Å². The second-order valence-corrected chi connectivity index (χ2v) is 5.09. The molecule has 106 valence electrons. The van der Waals surface area contributed by atoms with E-state index in [0.717, 1.165) is 11.1 Å². The fourth-order valence-electron chi connectivity index (χ4n) is 2.31. The van der Waals surface area contributed by atoms with Crippen molar-refractivity contribution < 1.29 is 8.91 Å². The van der Waals surface area contributed by atoms with Gasteiger partial charge in [0.1, 0.15) is 11.5 Å². The number of nitrogens with zero attached hydrogens (tertiary/aromatic N) is 1. The first-order valence-electron chi connectivity index (χ1n) is 6.35. The summed E-state index contributed by atoms with van der Waals surface area (Å²) in [5.41, 5.74) is 8.77. The van der Waals surface area contributed by atoms with Crippen molar-refractivity contribution >= 4 is 17.5 Å².